The normalized spacial score (nSPS) is 22.1. The summed E-state index contributed by atoms with van der Waals surface area (Å²) in [6.45, 7) is 3.55. The molecule has 5 amide bonds. The van der Waals surface area contributed by atoms with Crippen molar-refractivity contribution in [1.29, 1.82) is 0 Å². The monoisotopic (exact) mass is 703 g/mol. The molecule has 0 aliphatic carbocycles. The first-order chi connectivity index (χ1) is 24.5. The molecule has 0 spiro atoms. The van der Waals surface area contributed by atoms with Crippen LogP contribution in [0.2, 0.25) is 0 Å². The summed E-state index contributed by atoms with van der Waals surface area (Å²) in [5, 5.41) is 12.5. The van der Waals surface area contributed by atoms with Crippen molar-refractivity contribution in [3.05, 3.63) is 66.1 Å². The maximum Gasteiger partial charge on any atom is 0.251 e. The summed E-state index contributed by atoms with van der Waals surface area (Å²) in [6.07, 6.45) is -1.23. The molecule has 2 aromatic carbocycles. The van der Waals surface area contributed by atoms with Gasteiger partial charge in [0.05, 0.1) is 31.9 Å². The van der Waals surface area contributed by atoms with Crippen LogP contribution in [0, 0.1) is 5.92 Å². The van der Waals surface area contributed by atoms with E-state index in [2.05, 4.69) is 26.1 Å². The van der Waals surface area contributed by atoms with Gasteiger partial charge in [-0.05, 0) is 30.0 Å². The number of methoxy groups -OCH3 is 1. The molecule has 2 saturated heterocycles. The standard InChI is InChI=1S/C36H45N7O8/c1-22(2)16-26-34(46)37-18-24-19-43(32(45)15-14-31-40-33(41-51-31)25-12-8-9-13-28(25)49-4)20-29(50-24)35(47)39-27(17-23-10-6-5-7-11-23)36(48)42(3)21-30(44)38-26/h5-13,22,24,26-27,29H,14-21H2,1-4H3,(H,37,46)(H,38,44)(H,39,47)/t24-,26+,27-,29-/m1/s1. The zero-order valence-electron chi connectivity index (χ0n) is 29.3. The Kier molecular flexibility index (Phi) is 12.4. The number of aromatic nitrogens is 2. The van der Waals surface area contributed by atoms with E-state index >= 15 is 0 Å². The van der Waals surface area contributed by atoms with Gasteiger partial charge < -0.3 is 39.7 Å². The molecule has 51 heavy (non-hydrogen) atoms. The Balaban J connectivity index is 1.35. The summed E-state index contributed by atoms with van der Waals surface area (Å²) >= 11 is 0. The molecule has 15 heteroatoms. The molecule has 4 atom stereocenters. The number of ether oxygens (including phenoxy) is 2. The second-order valence-electron chi connectivity index (χ2n) is 13.2. The van der Waals surface area contributed by atoms with E-state index in [1.807, 2.05) is 56.3 Å². The first kappa shape index (κ1) is 37.0. The molecule has 1 aromatic heterocycles. The van der Waals surface area contributed by atoms with Crippen LogP contribution in [0.1, 0.15) is 38.1 Å². The number of carbonyl (C=O) groups excluding carboxylic acids is 5. The molecule has 2 aliphatic rings. The summed E-state index contributed by atoms with van der Waals surface area (Å²) in [5.74, 6) is -1.07. The lowest BCUT2D eigenvalue weighted by molar-refractivity contribution is -0.157. The van der Waals surface area contributed by atoms with Gasteiger partial charge in [-0.15, -0.1) is 0 Å². The zero-order chi connectivity index (χ0) is 36.5. The van der Waals surface area contributed by atoms with Crippen LogP contribution in [0.15, 0.2) is 59.1 Å². The van der Waals surface area contributed by atoms with Crippen LogP contribution in [0.25, 0.3) is 11.4 Å². The number of hydrogen-bond acceptors (Lipinski definition) is 10. The minimum atomic E-state index is -1.14. The van der Waals surface area contributed by atoms with Crippen LogP contribution < -0.4 is 20.7 Å². The fraction of sp³-hybridized carbons (Fsp3) is 0.472. The molecule has 2 bridgehead atoms. The number of benzene rings is 2. The van der Waals surface area contributed by atoms with Gasteiger partial charge in [-0.25, -0.2) is 0 Å². The Labute approximate surface area is 296 Å². The van der Waals surface area contributed by atoms with E-state index in [0.29, 0.717) is 23.6 Å². The average Bonchev–Trinajstić information content (AvgIpc) is 3.60. The van der Waals surface area contributed by atoms with E-state index in [-0.39, 0.29) is 63.2 Å². The smallest absolute Gasteiger partial charge is 0.251 e. The number of hydrogen-bond donors (Lipinski definition) is 3. The SMILES string of the molecule is COc1ccccc1-c1noc(CCC(=O)N2C[C@H]3CNC(=O)[C@H](CC(C)C)NC(=O)CN(C)C(=O)[C@@H](Cc4ccccc4)NC(=O)[C@@H](C2)O3)n1. The molecule has 0 unspecified atom stereocenters. The lowest BCUT2D eigenvalue weighted by atomic mass is 10.0. The van der Waals surface area contributed by atoms with E-state index in [4.69, 9.17) is 14.0 Å². The molecule has 15 nitrogen and oxygen atoms in total. The molecule has 0 saturated carbocycles. The van der Waals surface area contributed by atoms with Crippen molar-refractivity contribution in [3.63, 3.8) is 0 Å². The van der Waals surface area contributed by atoms with E-state index in [0.717, 1.165) is 5.56 Å². The number of para-hydroxylation sites is 1. The molecule has 3 heterocycles. The third kappa shape index (κ3) is 9.90. The van der Waals surface area contributed by atoms with Crippen LogP contribution in [0.3, 0.4) is 0 Å². The van der Waals surface area contributed by atoms with Crippen molar-refractivity contribution >= 4 is 29.5 Å². The van der Waals surface area contributed by atoms with E-state index in [1.165, 1.54) is 16.8 Å². The number of rotatable bonds is 9. The second-order valence-corrected chi connectivity index (χ2v) is 13.2. The number of morpholine rings is 1. The van der Waals surface area contributed by atoms with Gasteiger partial charge in [-0.3, -0.25) is 24.0 Å². The predicted octanol–water partition coefficient (Wildman–Crippen LogP) is 1.12. The largest absolute Gasteiger partial charge is 0.496 e. The van der Waals surface area contributed by atoms with Crippen molar-refractivity contribution < 1.29 is 38.0 Å². The molecule has 2 fully saturated rings. The van der Waals surface area contributed by atoms with Gasteiger partial charge in [0.15, 0.2) is 6.10 Å². The van der Waals surface area contributed by atoms with Crippen molar-refractivity contribution in [2.24, 2.45) is 5.92 Å². The van der Waals surface area contributed by atoms with Gasteiger partial charge in [0.2, 0.25) is 35.3 Å². The first-order valence-electron chi connectivity index (χ1n) is 17.1. The average molecular weight is 704 g/mol. The van der Waals surface area contributed by atoms with Gasteiger partial charge in [0.25, 0.3) is 5.91 Å². The fourth-order valence-corrected chi connectivity index (χ4v) is 6.12. The zero-order valence-corrected chi connectivity index (χ0v) is 29.3. The Hall–Kier alpha value is -5.31. The quantitative estimate of drug-likeness (QED) is 0.292. The highest BCUT2D eigenvalue weighted by atomic mass is 16.5. The highest BCUT2D eigenvalue weighted by Crippen LogP contribution is 2.27. The Morgan fingerprint density at radius 2 is 1.73 bits per heavy atom. The van der Waals surface area contributed by atoms with Gasteiger partial charge in [-0.1, -0.05) is 61.5 Å². The topological polar surface area (TPSA) is 185 Å². The number of amides is 5. The minimum Gasteiger partial charge on any atom is -0.496 e. The van der Waals surface area contributed by atoms with Crippen LogP contribution in [-0.4, -0.2) is 114 Å². The van der Waals surface area contributed by atoms with Crippen molar-refractivity contribution in [2.75, 3.05) is 40.3 Å². The number of fused-ring (bicyclic) bond motifs is 2. The van der Waals surface area contributed by atoms with Crippen molar-refractivity contribution in [2.45, 2.75) is 63.8 Å². The summed E-state index contributed by atoms with van der Waals surface area (Å²) in [7, 11) is 3.02. The minimum absolute atomic E-state index is 0.00336. The number of likely N-dealkylation sites (N-methyl/N-ethyl adjacent to an activating group) is 1. The van der Waals surface area contributed by atoms with Crippen molar-refractivity contribution in [3.8, 4) is 17.1 Å². The molecule has 5 rings (SSSR count). The predicted molar refractivity (Wildman–Crippen MR) is 184 cm³/mol. The lowest BCUT2D eigenvalue weighted by Crippen LogP contribution is -2.59. The Morgan fingerprint density at radius 3 is 2.47 bits per heavy atom. The second kappa shape index (κ2) is 17.1. The molecule has 2 aliphatic heterocycles. The Bertz CT molecular complexity index is 1700. The van der Waals surface area contributed by atoms with Crippen LogP contribution in [-0.2, 0) is 41.6 Å². The van der Waals surface area contributed by atoms with E-state index in [1.54, 1.807) is 19.2 Å². The molecular formula is C36H45N7O8. The third-order valence-corrected chi connectivity index (χ3v) is 8.70. The van der Waals surface area contributed by atoms with Crippen LogP contribution in [0.4, 0.5) is 0 Å². The number of nitrogens with one attached hydrogen (secondary N) is 3. The fourth-order valence-electron chi connectivity index (χ4n) is 6.12. The maximum absolute atomic E-state index is 13.8. The van der Waals surface area contributed by atoms with Gasteiger partial charge >= 0.3 is 0 Å². The summed E-state index contributed by atoms with van der Waals surface area (Å²) in [5.41, 5.74) is 1.45. The van der Waals surface area contributed by atoms with Crippen LogP contribution in [0.5, 0.6) is 5.75 Å². The third-order valence-electron chi connectivity index (χ3n) is 8.70. The van der Waals surface area contributed by atoms with Gasteiger partial charge in [0.1, 0.15) is 17.8 Å². The summed E-state index contributed by atoms with van der Waals surface area (Å²) < 4.78 is 17.0. The summed E-state index contributed by atoms with van der Waals surface area (Å²) in [6, 6.07) is 14.5. The number of nitrogens with zero attached hydrogens (tertiary/aromatic N) is 4. The molecule has 272 valence electrons. The molecule has 3 N–H and O–H groups in total. The molecule has 0 radical (unpaired) electrons. The maximum atomic E-state index is 13.8. The lowest BCUT2D eigenvalue weighted by Gasteiger charge is -2.38. The van der Waals surface area contributed by atoms with Crippen LogP contribution >= 0.6 is 0 Å². The van der Waals surface area contributed by atoms with Gasteiger partial charge in [0, 0.05) is 39.4 Å². The summed E-state index contributed by atoms with van der Waals surface area (Å²) in [4.78, 5) is 74.7. The number of aryl methyl sites for hydroxylation is 1. The highest BCUT2D eigenvalue weighted by molar-refractivity contribution is 5.93. The van der Waals surface area contributed by atoms with E-state index < -0.39 is 47.9 Å². The molecule has 3 aromatic rings. The Morgan fingerprint density at radius 1 is 0.980 bits per heavy atom. The van der Waals surface area contributed by atoms with E-state index in [9.17, 15) is 24.0 Å². The first-order valence-corrected chi connectivity index (χ1v) is 17.1. The molecular weight excluding hydrogens is 658 g/mol. The highest BCUT2D eigenvalue weighted by Gasteiger charge is 2.38. The van der Waals surface area contributed by atoms with Crippen molar-refractivity contribution in [1.82, 2.24) is 35.9 Å². The number of carbonyl (C=O) groups is 5. The van der Waals surface area contributed by atoms with Gasteiger partial charge in [-0.2, -0.15) is 4.98 Å².